The average molecular weight is 420 g/mol. The van der Waals surface area contributed by atoms with Crippen molar-refractivity contribution in [2.45, 2.75) is 84.7 Å². The molecule has 0 saturated heterocycles. The summed E-state index contributed by atoms with van der Waals surface area (Å²) in [4.78, 5) is 18.2. The number of aryl methyl sites for hydroxylation is 1. The van der Waals surface area contributed by atoms with Crippen LogP contribution in [0.3, 0.4) is 0 Å². The minimum atomic E-state index is -0.0663. The molecule has 4 aliphatic rings. The second-order valence-electron chi connectivity index (χ2n) is 11.2. The van der Waals surface area contributed by atoms with E-state index in [1.165, 1.54) is 36.8 Å². The lowest BCUT2D eigenvalue weighted by Crippen LogP contribution is -2.53. The van der Waals surface area contributed by atoms with E-state index in [0.29, 0.717) is 12.2 Å². The van der Waals surface area contributed by atoms with Crippen molar-refractivity contribution in [3.05, 3.63) is 46.7 Å². The fourth-order valence-corrected chi connectivity index (χ4v) is 7.09. The van der Waals surface area contributed by atoms with Crippen molar-refractivity contribution in [3.63, 3.8) is 0 Å². The zero-order chi connectivity index (χ0) is 21.8. The number of fused-ring (bicyclic) bond motifs is 4. The third kappa shape index (κ3) is 3.62. The summed E-state index contributed by atoms with van der Waals surface area (Å²) in [7, 11) is 0. The number of hydrogen-bond donors (Lipinski definition) is 2. The molecule has 2 bridgehead atoms. The van der Waals surface area contributed by atoms with Crippen LogP contribution in [0.4, 0.5) is 0 Å². The lowest BCUT2D eigenvalue weighted by Gasteiger charge is -2.43. The van der Waals surface area contributed by atoms with Gasteiger partial charge in [-0.1, -0.05) is 43.7 Å². The molecule has 1 aromatic carbocycles. The van der Waals surface area contributed by atoms with Crippen LogP contribution < -0.4 is 11.1 Å². The van der Waals surface area contributed by atoms with E-state index in [0.717, 1.165) is 48.8 Å². The molecule has 0 heterocycles. The summed E-state index contributed by atoms with van der Waals surface area (Å²) < 4.78 is 0. The minimum absolute atomic E-state index is 0.0663. The van der Waals surface area contributed by atoms with Gasteiger partial charge in [-0.15, -0.1) is 0 Å². The van der Waals surface area contributed by atoms with Gasteiger partial charge in [0.25, 0.3) is 5.91 Å². The molecule has 3 N–H and O–H groups in total. The van der Waals surface area contributed by atoms with Crippen LogP contribution in [0.5, 0.6) is 0 Å². The van der Waals surface area contributed by atoms with Crippen molar-refractivity contribution >= 4 is 11.6 Å². The lowest BCUT2D eigenvalue weighted by molar-refractivity contribution is -0.120. The Morgan fingerprint density at radius 3 is 2.68 bits per heavy atom. The van der Waals surface area contributed by atoms with Gasteiger partial charge >= 0.3 is 0 Å². The molecule has 1 aromatic rings. The predicted molar refractivity (Wildman–Crippen MR) is 126 cm³/mol. The molecule has 31 heavy (non-hydrogen) atoms. The van der Waals surface area contributed by atoms with Crippen LogP contribution in [0.1, 0.15) is 76.3 Å². The number of nitrogens with one attached hydrogen (secondary N) is 1. The molecular weight excluding hydrogens is 382 g/mol. The molecule has 4 fully saturated rings. The fraction of sp³-hybridized carbons (Fsp3) is 0.630. The fourth-order valence-electron chi connectivity index (χ4n) is 7.09. The van der Waals surface area contributed by atoms with Crippen LogP contribution >= 0.6 is 0 Å². The Bertz CT molecular complexity index is 946. The van der Waals surface area contributed by atoms with Gasteiger partial charge in [-0.3, -0.25) is 9.79 Å². The first-order valence-electron chi connectivity index (χ1n) is 12.2. The van der Waals surface area contributed by atoms with Gasteiger partial charge in [-0.2, -0.15) is 0 Å². The summed E-state index contributed by atoms with van der Waals surface area (Å²) in [5.41, 5.74) is 11.9. The van der Waals surface area contributed by atoms with Crippen molar-refractivity contribution < 1.29 is 4.79 Å². The van der Waals surface area contributed by atoms with E-state index in [1.807, 2.05) is 0 Å². The van der Waals surface area contributed by atoms with E-state index in [9.17, 15) is 4.79 Å². The smallest absolute Gasteiger partial charge is 0.267 e. The molecule has 4 heteroatoms. The number of allylic oxidation sites excluding steroid dienone is 1. The van der Waals surface area contributed by atoms with Crippen LogP contribution in [-0.2, 0) is 11.3 Å². The third-order valence-electron chi connectivity index (χ3n) is 8.94. The second-order valence-corrected chi connectivity index (χ2v) is 11.2. The molecule has 4 aliphatic carbocycles. The highest BCUT2D eigenvalue weighted by atomic mass is 16.2. The highest BCUT2D eigenvalue weighted by Gasteiger charge is 2.69. The average Bonchev–Trinajstić information content (AvgIpc) is 3.33. The number of amides is 1. The zero-order valence-electron chi connectivity index (χ0n) is 19.3. The van der Waals surface area contributed by atoms with E-state index in [-0.39, 0.29) is 22.8 Å². The quantitative estimate of drug-likeness (QED) is 0.670. The van der Waals surface area contributed by atoms with Crippen LogP contribution in [-0.4, -0.2) is 17.7 Å². The molecule has 1 amide bonds. The Hall–Kier alpha value is -2.10. The summed E-state index contributed by atoms with van der Waals surface area (Å²) >= 11 is 0. The Kier molecular flexibility index (Phi) is 5.02. The molecule has 5 atom stereocenters. The molecule has 166 valence electrons. The number of rotatable bonds is 4. The number of nitrogens with two attached hydrogens (primary N) is 1. The number of carbonyl (C=O) groups is 1. The molecule has 0 aromatic heterocycles. The van der Waals surface area contributed by atoms with Crippen LogP contribution in [0.2, 0.25) is 0 Å². The molecule has 5 unspecified atom stereocenters. The van der Waals surface area contributed by atoms with E-state index < -0.39 is 0 Å². The van der Waals surface area contributed by atoms with Crippen molar-refractivity contribution in [3.8, 4) is 0 Å². The number of carbonyl (C=O) groups excluding carboxylic acids is 1. The predicted octanol–water partition coefficient (Wildman–Crippen LogP) is 5.05. The SMILES string of the molecule is Cc1ccc(CN=C2CCCCC2=C(N)C(=O)NC2C3(C)CCC(C3)C3CC32C)cc1. The Morgan fingerprint density at radius 2 is 1.90 bits per heavy atom. The van der Waals surface area contributed by atoms with Gasteiger partial charge in [0.1, 0.15) is 5.70 Å². The zero-order valence-corrected chi connectivity index (χ0v) is 19.3. The first-order chi connectivity index (χ1) is 14.8. The first kappa shape index (κ1) is 20.8. The minimum Gasteiger partial charge on any atom is -0.394 e. The largest absolute Gasteiger partial charge is 0.394 e. The molecule has 0 spiro atoms. The van der Waals surface area contributed by atoms with Crippen LogP contribution in [0.25, 0.3) is 0 Å². The van der Waals surface area contributed by atoms with Gasteiger partial charge in [0.05, 0.1) is 6.54 Å². The first-order valence-corrected chi connectivity index (χ1v) is 12.2. The molecule has 4 nitrogen and oxygen atoms in total. The van der Waals surface area contributed by atoms with Crippen LogP contribution in [0.15, 0.2) is 40.5 Å². The molecule has 4 saturated carbocycles. The standard InChI is InChI=1S/C27H37N3O/c1-17-8-10-18(11-9-17)16-29-22-7-5-4-6-20(22)23(28)24(31)30-25-26(2)13-12-19(14-26)21-15-27(21,25)3/h8-11,19,21,25H,4-7,12-16,28H2,1-3H3,(H,30,31). The summed E-state index contributed by atoms with van der Waals surface area (Å²) in [5, 5.41) is 3.44. The number of nitrogens with zero attached hydrogens (tertiary/aromatic N) is 1. The molecule has 0 radical (unpaired) electrons. The van der Waals surface area contributed by atoms with E-state index in [4.69, 9.17) is 10.7 Å². The van der Waals surface area contributed by atoms with E-state index >= 15 is 0 Å². The van der Waals surface area contributed by atoms with Crippen LogP contribution in [0, 0.1) is 29.6 Å². The summed E-state index contributed by atoms with van der Waals surface area (Å²) in [6.07, 6.45) is 9.05. The monoisotopic (exact) mass is 419 g/mol. The Labute approximate surface area is 186 Å². The van der Waals surface area contributed by atoms with Gasteiger partial charge in [0, 0.05) is 17.3 Å². The topological polar surface area (TPSA) is 67.5 Å². The van der Waals surface area contributed by atoms with Gasteiger partial charge < -0.3 is 11.1 Å². The molecule has 0 aliphatic heterocycles. The maximum absolute atomic E-state index is 13.3. The van der Waals surface area contributed by atoms with Gasteiger partial charge in [-0.05, 0) is 86.5 Å². The maximum Gasteiger partial charge on any atom is 0.267 e. The van der Waals surface area contributed by atoms with E-state index in [2.05, 4.69) is 50.4 Å². The highest BCUT2D eigenvalue weighted by molar-refractivity contribution is 6.08. The number of aliphatic imine (C=N–C) groups is 1. The van der Waals surface area contributed by atoms with Gasteiger partial charge in [0.2, 0.25) is 0 Å². The van der Waals surface area contributed by atoms with Crippen molar-refractivity contribution in [1.29, 1.82) is 0 Å². The van der Waals surface area contributed by atoms with Crippen molar-refractivity contribution in [1.82, 2.24) is 5.32 Å². The van der Waals surface area contributed by atoms with E-state index in [1.54, 1.807) is 0 Å². The van der Waals surface area contributed by atoms with Gasteiger partial charge in [0.15, 0.2) is 0 Å². The number of benzene rings is 1. The summed E-state index contributed by atoms with van der Waals surface area (Å²) in [6, 6.07) is 8.75. The Morgan fingerprint density at radius 1 is 1.16 bits per heavy atom. The van der Waals surface area contributed by atoms with Crippen molar-refractivity contribution in [2.24, 2.45) is 33.4 Å². The normalized spacial score (nSPS) is 39.2. The summed E-state index contributed by atoms with van der Waals surface area (Å²) in [5.74, 6) is 1.60. The Balaban J connectivity index is 1.35. The number of hydrogen-bond acceptors (Lipinski definition) is 3. The second kappa shape index (κ2) is 7.50. The maximum atomic E-state index is 13.3. The van der Waals surface area contributed by atoms with Gasteiger partial charge in [-0.25, -0.2) is 0 Å². The van der Waals surface area contributed by atoms with Crippen molar-refractivity contribution in [2.75, 3.05) is 0 Å². The third-order valence-corrected chi connectivity index (χ3v) is 8.94. The molecular formula is C27H37N3O. The summed E-state index contributed by atoms with van der Waals surface area (Å²) in [6.45, 7) is 7.52. The highest BCUT2D eigenvalue weighted by Crippen LogP contribution is 2.72. The lowest BCUT2D eigenvalue weighted by atomic mass is 9.68. The molecule has 5 rings (SSSR count).